The van der Waals surface area contributed by atoms with Crippen LogP contribution in [-0.4, -0.2) is 35.4 Å². The number of para-hydroxylation sites is 1. The summed E-state index contributed by atoms with van der Waals surface area (Å²) in [4.78, 5) is 26.6. The Morgan fingerprint density at radius 2 is 2.00 bits per heavy atom. The van der Waals surface area contributed by atoms with Crippen LogP contribution in [0.1, 0.15) is 29.3 Å². The highest BCUT2D eigenvalue weighted by Gasteiger charge is 2.25. The third-order valence-corrected chi connectivity index (χ3v) is 5.46. The fourth-order valence-corrected chi connectivity index (χ4v) is 4.09. The zero-order valence-electron chi connectivity index (χ0n) is 13.9. The van der Waals surface area contributed by atoms with Gasteiger partial charge in [-0.05, 0) is 37.4 Å². The lowest BCUT2D eigenvalue weighted by Crippen LogP contribution is -2.37. The zero-order chi connectivity index (χ0) is 17.6. The molecule has 2 heterocycles. The number of nitrogens with one attached hydrogen (secondary N) is 1. The summed E-state index contributed by atoms with van der Waals surface area (Å²) >= 11 is 1.70. The number of carbonyl (C=O) groups is 1. The minimum absolute atomic E-state index is 0.00741. The third kappa shape index (κ3) is 4.43. The molecule has 0 saturated carbocycles. The quantitative estimate of drug-likeness (QED) is 0.609. The van der Waals surface area contributed by atoms with Crippen LogP contribution in [0.25, 0.3) is 0 Å². The number of nitro groups is 1. The summed E-state index contributed by atoms with van der Waals surface area (Å²) in [5.74, 6) is -0.185. The highest BCUT2D eigenvalue weighted by atomic mass is 32.1. The average Bonchev–Trinajstić information content (AvgIpc) is 3.29. The Labute approximate surface area is 150 Å². The van der Waals surface area contributed by atoms with Gasteiger partial charge in [0.1, 0.15) is 0 Å². The van der Waals surface area contributed by atoms with E-state index in [1.54, 1.807) is 29.5 Å². The van der Waals surface area contributed by atoms with Crippen LogP contribution in [0.15, 0.2) is 41.8 Å². The van der Waals surface area contributed by atoms with Gasteiger partial charge in [-0.2, -0.15) is 0 Å². The van der Waals surface area contributed by atoms with Crippen molar-refractivity contribution in [3.8, 4) is 0 Å². The smallest absolute Gasteiger partial charge is 0.273 e. The molecule has 0 radical (unpaired) electrons. The van der Waals surface area contributed by atoms with Crippen molar-refractivity contribution in [3.05, 3.63) is 62.3 Å². The van der Waals surface area contributed by atoms with Gasteiger partial charge in [-0.3, -0.25) is 19.8 Å². The topological polar surface area (TPSA) is 75.5 Å². The monoisotopic (exact) mass is 359 g/mol. The molecule has 1 aromatic carbocycles. The Bertz CT molecular complexity index is 727. The van der Waals surface area contributed by atoms with Crippen LogP contribution in [0.4, 0.5) is 5.69 Å². The molecule has 1 aliphatic rings. The van der Waals surface area contributed by atoms with Gasteiger partial charge in [0.25, 0.3) is 5.69 Å². The summed E-state index contributed by atoms with van der Waals surface area (Å²) in [6.07, 6.45) is 2.40. The second-order valence-corrected chi connectivity index (χ2v) is 7.12. The molecule has 0 spiro atoms. The molecule has 1 saturated heterocycles. The van der Waals surface area contributed by atoms with E-state index in [1.807, 2.05) is 11.4 Å². The van der Waals surface area contributed by atoms with E-state index in [0.717, 1.165) is 13.1 Å². The number of nitrogens with zero attached hydrogens (tertiary/aromatic N) is 2. The molecular formula is C18H21N3O3S. The minimum Gasteiger partial charge on any atom is -0.354 e. The van der Waals surface area contributed by atoms with E-state index in [0.29, 0.717) is 12.1 Å². The van der Waals surface area contributed by atoms with Crippen molar-refractivity contribution >= 4 is 22.9 Å². The molecule has 1 aliphatic heterocycles. The normalized spacial score (nSPS) is 15.8. The second-order valence-electron chi connectivity index (χ2n) is 6.14. The highest BCUT2D eigenvalue weighted by Crippen LogP contribution is 2.28. The Kier molecular flexibility index (Phi) is 5.78. The number of rotatable bonds is 7. The molecule has 1 unspecified atom stereocenters. The number of nitro benzene ring substituents is 1. The van der Waals surface area contributed by atoms with Gasteiger partial charge < -0.3 is 5.32 Å². The fraction of sp³-hybridized carbons (Fsp3) is 0.389. The predicted octanol–water partition coefficient (Wildman–Crippen LogP) is 3.15. The molecule has 7 heteroatoms. The van der Waals surface area contributed by atoms with Gasteiger partial charge in [-0.15, -0.1) is 11.3 Å². The van der Waals surface area contributed by atoms with E-state index in [2.05, 4.69) is 16.3 Å². The maximum Gasteiger partial charge on any atom is 0.273 e. The first-order valence-electron chi connectivity index (χ1n) is 8.41. The number of amides is 1. The van der Waals surface area contributed by atoms with Gasteiger partial charge in [-0.1, -0.05) is 24.3 Å². The maximum atomic E-state index is 12.3. The maximum absolute atomic E-state index is 12.3. The highest BCUT2D eigenvalue weighted by molar-refractivity contribution is 7.10. The van der Waals surface area contributed by atoms with Gasteiger partial charge in [0, 0.05) is 23.1 Å². The van der Waals surface area contributed by atoms with Crippen LogP contribution in [0, 0.1) is 10.1 Å². The van der Waals surface area contributed by atoms with Gasteiger partial charge in [-0.25, -0.2) is 0 Å². The second kappa shape index (κ2) is 8.22. The van der Waals surface area contributed by atoms with Gasteiger partial charge >= 0.3 is 0 Å². The zero-order valence-corrected chi connectivity index (χ0v) is 14.7. The minimum atomic E-state index is -0.443. The molecule has 2 aromatic rings. The molecule has 1 fully saturated rings. The fourth-order valence-electron chi connectivity index (χ4n) is 3.23. The number of hydrogen-bond acceptors (Lipinski definition) is 5. The largest absolute Gasteiger partial charge is 0.354 e. The Balaban J connectivity index is 1.63. The Morgan fingerprint density at radius 3 is 2.68 bits per heavy atom. The number of carbonyl (C=O) groups excluding carboxylic acids is 1. The molecule has 1 aromatic heterocycles. The molecule has 6 nitrogen and oxygen atoms in total. The predicted molar refractivity (Wildman–Crippen MR) is 97.7 cm³/mol. The van der Waals surface area contributed by atoms with Gasteiger partial charge in [0.15, 0.2) is 0 Å². The number of hydrogen-bond donors (Lipinski definition) is 1. The standard InChI is InChI=1S/C18H21N3O3S/c22-18(12-14-6-1-2-7-15(14)21(23)24)19-13-16(17-8-5-11-25-17)20-9-3-4-10-20/h1-2,5-8,11,16H,3-4,9-10,12-13H2,(H,19,22). The first-order valence-corrected chi connectivity index (χ1v) is 9.29. The molecule has 1 amide bonds. The Morgan fingerprint density at radius 1 is 1.24 bits per heavy atom. The van der Waals surface area contributed by atoms with Crippen molar-refractivity contribution in [2.75, 3.05) is 19.6 Å². The van der Waals surface area contributed by atoms with E-state index in [-0.39, 0.29) is 24.1 Å². The SMILES string of the molecule is O=C(Cc1ccccc1[N+](=O)[O-])NCC(c1cccs1)N1CCCC1. The van der Waals surface area contributed by atoms with E-state index in [4.69, 9.17) is 0 Å². The summed E-state index contributed by atoms with van der Waals surface area (Å²) in [5.41, 5.74) is 0.436. The molecule has 0 bridgehead atoms. The number of benzene rings is 1. The first-order chi connectivity index (χ1) is 12.1. The molecular weight excluding hydrogens is 338 g/mol. The van der Waals surface area contributed by atoms with Crippen molar-refractivity contribution in [2.45, 2.75) is 25.3 Å². The summed E-state index contributed by atoms with van der Waals surface area (Å²) < 4.78 is 0. The van der Waals surface area contributed by atoms with Crippen LogP contribution >= 0.6 is 11.3 Å². The van der Waals surface area contributed by atoms with E-state index >= 15 is 0 Å². The van der Waals surface area contributed by atoms with Crippen LogP contribution < -0.4 is 5.32 Å². The average molecular weight is 359 g/mol. The summed E-state index contributed by atoms with van der Waals surface area (Å²) in [7, 11) is 0. The van der Waals surface area contributed by atoms with Crippen molar-refractivity contribution in [1.82, 2.24) is 10.2 Å². The molecule has 3 rings (SSSR count). The summed E-state index contributed by atoms with van der Waals surface area (Å²) in [5, 5.41) is 16.1. The van der Waals surface area contributed by atoms with Crippen molar-refractivity contribution in [2.24, 2.45) is 0 Å². The first kappa shape index (κ1) is 17.6. The van der Waals surface area contributed by atoms with Gasteiger partial charge in [0.05, 0.1) is 17.4 Å². The molecule has 25 heavy (non-hydrogen) atoms. The van der Waals surface area contributed by atoms with Crippen molar-refractivity contribution < 1.29 is 9.72 Å². The van der Waals surface area contributed by atoms with E-state index in [9.17, 15) is 14.9 Å². The van der Waals surface area contributed by atoms with E-state index < -0.39 is 4.92 Å². The number of thiophene rings is 1. The van der Waals surface area contributed by atoms with Gasteiger partial charge in [0.2, 0.25) is 5.91 Å². The lowest BCUT2D eigenvalue weighted by Gasteiger charge is -2.26. The summed E-state index contributed by atoms with van der Waals surface area (Å²) in [6.45, 7) is 2.62. The molecule has 132 valence electrons. The lowest BCUT2D eigenvalue weighted by molar-refractivity contribution is -0.385. The van der Waals surface area contributed by atoms with Crippen molar-refractivity contribution in [3.63, 3.8) is 0 Å². The van der Waals surface area contributed by atoms with Crippen LogP contribution in [-0.2, 0) is 11.2 Å². The number of likely N-dealkylation sites (tertiary alicyclic amines) is 1. The molecule has 1 N–H and O–H groups in total. The van der Waals surface area contributed by atoms with E-state index in [1.165, 1.54) is 23.8 Å². The lowest BCUT2D eigenvalue weighted by atomic mass is 10.1. The summed E-state index contributed by atoms with van der Waals surface area (Å²) in [6, 6.07) is 10.7. The van der Waals surface area contributed by atoms with Crippen LogP contribution in [0.3, 0.4) is 0 Å². The third-order valence-electron chi connectivity index (χ3n) is 4.48. The van der Waals surface area contributed by atoms with Crippen LogP contribution in [0.2, 0.25) is 0 Å². The van der Waals surface area contributed by atoms with Crippen molar-refractivity contribution in [1.29, 1.82) is 0 Å². The molecule has 0 aliphatic carbocycles. The molecule has 1 atom stereocenters. The Hall–Kier alpha value is -2.25. The van der Waals surface area contributed by atoms with Crippen LogP contribution in [0.5, 0.6) is 0 Å².